The van der Waals surface area contributed by atoms with Gasteiger partial charge in [0.15, 0.2) is 0 Å². The maximum atomic E-state index is 11.5. The van der Waals surface area contributed by atoms with Crippen LogP contribution in [0.15, 0.2) is 0 Å². The minimum absolute atomic E-state index is 0.0865. The van der Waals surface area contributed by atoms with Gasteiger partial charge in [-0.05, 0) is 32.3 Å². The van der Waals surface area contributed by atoms with E-state index in [1.807, 2.05) is 27.7 Å². The van der Waals surface area contributed by atoms with Crippen molar-refractivity contribution in [1.29, 1.82) is 0 Å². The van der Waals surface area contributed by atoms with Crippen LogP contribution < -0.4 is 4.74 Å². The van der Waals surface area contributed by atoms with Crippen molar-refractivity contribution < 1.29 is 19.4 Å². The van der Waals surface area contributed by atoms with Crippen LogP contribution in [0.4, 0.5) is 0 Å². The van der Waals surface area contributed by atoms with Crippen LogP contribution in [0.5, 0.6) is 5.88 Å². The minimum Gasteiger partial charge on any atom is -0.477 e. The summed E-state index contributed by atoms with van der Waals surface area (Å²) in [4.78, 5) is 11.5. The van der Waals surface area contributed by atoms with Gasteiger partial charge in [-0.3, -0.25) is 0 Å². The highest BCUT2D eigenvalue weighted by Gasteiger charge is 2.22. The van der Waals surface area contributed by atoms with Crippen molar-refractivity contribution in [2.45, 2.75) is 52.6 Å². The number of hydrogen-bond acceptors (Lipinski definition) is 5. The molecule has 0 saturated carbocycles. The number of carboxylic acid groups (broad SMARTS) is 1. The first kappa shape index (κ1) is 17.4. The summed E-state index contributed by atoms with van der Waals surface area (Å²) in [5.41, 5.74) is 1.20. The highest BCUT2D eigenvalue weighted by atomic mass is 16.5. The van der Waals surface area contributed by atoms with Crippen LogP contribution in [0, 0.1) is 0 Å². The van der Waals surface area contributed by atoms with Gasteiger partial charge in [-0.1, -0.05) is 13.8 Å². The monoisotopic (exact) mass is 296 g/mol. The molecule has 0 atom stereocenters. The summed E-state index contributed by atoms with van der Waals surface area (Å²) in [6.07, 6.45) is 1.86. The van der Waals surface area contributed by atoms with Gasteiger partial charge in [-0.25, -0.2) is 4.79 Å². The summed E-state index contributed by atoms with van der Waals surface area (Å²) in [6, 6.07) is 0. The van der Waals surface area contributed by atoms with Crippen molar-refractivity contribution in [3.05, 3.63) is 16.8 Å². The van der Waals surface area contributed by atoms with Gasteiger partial charge in [0, 0.05) is 13.5 Å². The van der Waals surface area contributed by atoms with Crippen molar-refractivity contribution in [3.8, 4) is 5.88 Å². The number of nitrogens with zero attached hydrogens (tertiary/aromatic N) is 2. The normalized spacial score (nSPS) is 11.5. The lowest BCUT2D eigenvalue weighted by Gasteiger charge is -2.22. The number of aryl methyl sites for hydroxylation is 1. The van der Waals surface area contributed by atoms with E-state index in [0.717, 1.165) is 0 Å². The molecule has 0 aliphatic heterocycles. The van der Waals surface area contributed by atoms with Gasteiger partial charge in [0.25, 0.3) is 0 Å². The molecular weight excluding hydrogens is 272 g/mol. The zero-order valence-corrected chi connectivity index (χ0v) is 13.4. The number of carboxylic acids is 1. The molecule has 6 heteroatoms. The number of aromatic carboxylic acids is 1. The Balaban J connectivity index is 2.99. The fourth-order valence-electron chi connectivity index (χ4n) is 1.97. The third-order valence-electron chi connectivity index (χ3n) is 3.52. The lowest BCUT2D eigenvalue weighted by Crippen LogP contribution is -2.25. The molecule has 0 spiro atoms. The van der Waals surface area contributed by atoms with E-state index in [1.54, 1.807) is 7.11 Å². The fraction of sp³-hybridized carbons (Fsp3) is 0.667. The Bertz CT molecular complexity index is 501. The van der Waals surface area contributed by atoms with E-state index in [0.29, 0.717) is 37.1 Å². The lowest BCUT2D eigenvalue weighted by atomic mass is 10.0. The molecule has 0 amide bonds. The van der Waals surface area contributed by atoms with Gasteiger partial charge in [-0.15, -0.1) is 5.10 Å². The van der Waals surface area contributed by atoms with Gasteiger partial charge >= 0.3 is 5.97 Å². The van der Waals surface area contributed by atoms with Crippen LogP contribution >= 0.6 is 0 Å². The highest BCUT2D eigenvalue weighted by molar-refractivity contribution is 5.92. The van der Waals surface area contributed by atoms with E-state index in [-0.39, 0.29) is 17.0 Å². The van der Waals surface area contributed by atoms with Gasteiger partial charge in [0.2, 0.25) is 5.88 Å². The van der Waals surface area contributed by atoms with Gasteiger partial charge in [0.05, 0.1) is 17.9 Å². The first-order chi connectivity index (χ1) is 9.86. The summed E-state index contributed by atoms with van der Waals surface area (Å²) in [6.45, 7) is 8.04. The molecule has 0 radical (unpaired) electrons. The molecule has 0 unspecified atom stereocenters. The number of ether oxygens (including phenoxy) is 2. The second kappa shape index (κ2) is 7.36. The molecular formula is C15H24N2O4. The maximum Gasteiger partial charge on any atom is 0.341 e. The van der Waals surface area contributed by atoms with Crippen LogP contribution in [0.1, 0.15) is 55.7 Å². The molecule has 0 aromatic carbocycles. The summed E-state index contributed by atoms with van der Waals surface area (Å²) in [5, 5.41) is 17.4. The fourth-order valence-corrected chi connectivity index (χ4v) is 1.97. The van der Waals surface area contributed by atoms with Crippen molar-refractivity contribution >= 4 is 5.97 Å². The molecule has 0 aliphatic rings. The second-order valence-corrected chi connectivity index (χ2v) is 5.38. The Morgan fingerprint density at radius 1 is 1.24 bits per heavy atom. The molecule has 1 N–H and O–H groups in total. The van der Waals surface area contributed by atoms with Gasteiger partial charge < -0.3 is 14.6 Å². The topological polar surface area (TPSA) is 81.5 Å². The molecule has 21 heavy (non-hydrogen) atoms. The Hall–Kier alpha value is -1.69. The quantitative estimate of drug-likeness (QED) is 0.793. The third kappa shape index (κ3) is 4.39. The summed E-state index contributed by atoms with van der Waals surface area (Å²) in [7, 11) is 1.63. The molecule has 0 fully saturated rings. The first-order valence-corrected chi connectivity index (χ1v) is 7.15. The second-order valence-electron chi connectivity index (χ2n) is 5.38. The van der Waals surface area contributed by atoms with Crippen molar-refractivity contribution in [2.24, 2.45) is 0 Å². The number of methoxy groups -OCH3 is 1. The predicted octanol–water partition coefficient (Wildman–Crippen LogP) is 2.49. The lowest BCUT2D eigenvalue weighted by molar-refractivity contribution is 0.00489. The maximum absolute atomic E-state index is 11.5. The molecule has 0 aliphatic carbocycles. The number of carbonyl (C=O) groups is 1. The molecule has 1 aromatic heterocycles. The first-order valence-electron chi connectivity index (χ1n) is 7.15. The van der Waals surface area contributed by atoms with Crippen LogP contribution in [0.2, 0.25) is 0 Å². The smallest absolute Gasteiger partial charge is 0.341 e. The highest BCUT2D eigenvalue weighted by Crippen LogP contribution is 2.23. The molecule has 118 valence electrons. The summed E-state index contributed by atoms with van der Waals surface area (Å²) in [5.74, 6) is -0.944. The largest absolute Gasteiger partial charge is 0.477 e. The molecule has 0 saturated heterocycles. The molecule has 1 aromatic rings. The average Bonchev–Trinajstić information content (AvgIpc) is 2.45. The Morgan fingerprint density at radius 3 is 2.38 bits per heavy atom. The number of rotatable bonds is 8. The van der Waals surface area contributed by atoms with E-state index >= 15 is 0 Å². The minimum atomic E-state index is -1.03. The Labute approximate surface area is 125 Å². The van der Waals surface area contributed by atoms with Crippen LogP contribution in [-0.2, 0) is 17.6 Å². The van der Waals surface area contributed by atoms with E-state index < -0.39 is 5.97 Å². The number of hydrogen-bond donors (Lipinski definition) is 1. The summed E-state index contributed by atoms with van der Waals surface area (Å²) >= 11 is 0. The van der Waals surface area contributed by atoms with Crippen molar-refractivity contribution in [1.82, 2.24) is 10.2 Å². The average molecular weight is 296 g/mol. The van der Waals surface area contributed by atoms with Gasteiger partial charge in [0.1, 0.15) is 5.56 Å². The van der Waals surface area contributed by atoms with Gasteiger partial charge in [-0.2, -0.15) is 5.10 Å². The van der Waals surface area contributed by atoms with Crippen LogP contribution in [-0.4, -0.2) is 40.6 Å². The van der Waals surface area contributed by atoms with E-state index in [4.69, 9.17) is 9.47 Å². The molecule has 0 bridgehead atoms. The number of aromatic nitrogens is 2. The molecule has 1 rings (SSSR count). The zero-order chi connectivity index (χ0) is 16.0. The van der Waals surface area contributed by atoms with E-state index in [2.05, 4.69) is 10.2 Å². The summed E-state index contributed by atoms with van der Waals surface area (Å²) < 4.78 is 10.8. The Morgan fingerprint density at radius 2 is 1.90 bits per heavy atom. The standard InChI is InChI=1S/C15H24N2O4/c1-6-10-11(7-2)16-17-13(12(10)14(18)19)21-9-8-15(3,4)20-5/h6-9H2,1-5H3,(H,18,19). The van der Waals surface area contributed by atoms with E-state index in [1.165, 1.54) is 0 Å². The van der Waals surface area contributed by atoms with Crippen LogP contribution in [0.25, 0.3) is 0 Å². The zero-order valence-electron chi connectivity index (χ0n) is 13.4. The molecule has 6 nitrogen and oxygen atoms in total. The molecule has 1 heterocycles. The van der Waals surface area contributed by atoms with Crippen LogP contribution in [0.3, 0.4) is 0 Å². The third-order valence-corrected chi connectivity index (χ3v) is 3.52. The van der Waals surface area contributed by atoms with E-state index in [9.17, 15) is 9.90 Å². The van der Waals surface area contributed by atoms with Crippen molar-refractivity contribution in [3.63, 3.8) is 0 Å². The SMILES string of the molecule is CCc1nnc(OCCC(C)(C)OC)c(C(=O)O)c1CC. The predicted molar refractivity (Wildman–Crippen MR) is 78.9 cm³/mol. The van der Waals surface area contributed by atoms with Crippen molar-refractivity contribution in [2.75, 3.05) is 13.7 Å². The Kier molecular flexibility index (Phi) is 6.08.